The van der Waals surface area contributed by atoms with E-state index in [-0.39, 0.29) is 0 Å². The maximum Gasteiger partial charge on any atom is 0.0443 e. The van der Waals surface area contributed by atoms with Crippen LogP contribution in [0.4, 0.5) is 0 Å². The summed E-state index contributed by atoms with van der Waals surface area (Å²) in [4.78, 5) is 0. The van der Waals surface area contributed by atoms with E-state index in [1.54, 1.807) is 0 Å². The van der Waals surface area contributed by atoms with Crippen LogP contribution in [0.3, 0.4) is 0 Å². The molecule has 1 aromatic rings. The second-order valence-corrected chi connectivity index (χ2v) is 4.66. The number of benzene rings is 1. The van der Waals surface area contributed by atoms with Crippen LogP contribution in [0, 0.1) is 5.92 Å². The first-order valence-electron chi connectivity index (χ1n) is 6.28. The van der Waals surface area contributed by atoms with Gasteiger partial charge >= 0.3 is 0 Å². The molecule has 1 aromatic carbocycles. The first kappa shape index (κ1) is 11.6. The van der Waals surface area contributed by atoms with E-state index in [2.05, 4.69) is 29.6 Å². The molecule has 2 rings (SSSR count). The first-order chi connectivity index (χ1) is 7.90. The Labute approximate surface area is 97.7 Å². The van der Waals surface area contributed by atoms with Crippen LogP contribution in [0.2, 0.25) is 0 Å². The Bertz CT molecular complexity index is 324. The lowest BCUT2D eigenvalue weighted by atomic mass is 9.84. The van der Waals surface area contributed by atoms with E-state index in [4.69, 9.17) is 5.11 Å². The van der Waals surface area contributed by atoms with Crippen LogP contribution in [0.15, 0.2) is 24.3 Å². The third-order valence-electron chi connectivity index (χ3n) is 3.39. The summed E-state index contributed by atoms with van der Waals surface area (Å²) in [5, 5.41) is 12.1. The molecule has 0 heterocycles. The Hall–Kier alpha value is -0.860. The Morgan fingerprint density at radius 1 is 1.25 bits per heavy atom. The molecule has 0 amide bonds. The van der Waals surface area contributed by atoms with Crippen LogP contribution in [0.25, 0.3) is 0 Å². The molecule has 2 N–H and O–H groups in total. The Morgan fingerprint density at radius 2 is 2.06 bits per heavy atom. The van der Waals surface area contributed by atoms with Gasteiger partial charge in [-0.2, -0.15) is 0 Å². The van der Waals surface area contributed by atoms with Crippen molar-refractivity contribution in [1.29, 1.82) is 0 Å². The van der Waals surface area contributed by atoms with Gasteiger partial charge < -0.3 is 10.4 Å². The number of hydrogen-bond acceptors (Lipinski definition) is 2. The zero-order chi connectivity index (χ0) is 11.2. The van der Waals surface area contributed by atoms with E-state index in [1.165, 1.54) is 30.4 Å². The molecule has 2 nitrogen and oxygen atoms in total. The summed E-state index contributed by atoms with van der Waals surface area (Å²) >= 11 is 0. The summed E-state index contributed by atoms with van der Waals surface area (Å²) in [6.07, 6.45) is 4.59. The van der Waals surface area contributed by atoms with Crippen molar-refractivity contribution < 1.29 is 5.11 Å². The van der Waals surface area contributed by atoms with Gasteiger partial charge in [-0.15, -0.1) is 0 Å². The zero-order valence-corrected chi connectivity index (χ0v) is 9.78. The van der Waals surface area contributed by atoms with Gasteiger partial charge in [0.15, 0.2) is 0 Å². The van der Waals surface area contributed by atoms with Crippen molar-refractivity contribution in [2.75, 3.05) is 19.7 Å². The van der Waals surface area contributed by atoms with Crippen molar-refractivity contribution in [3.8, 4) is 0 Å². The Balaban J connectivity index is 1.79. The maximum atomic E-state index is 8.69. The van der Waals surface area contributed by atoms with Crippen molar-refractivity contribution in [2.24, 2.45) is 5.92 Å². The summed E-state index contributed by atoms with van der Waals surface area (Å²) in [5.41, 5.74) is 3.07. The van der Waals surface area contributed by atoms with Crippen molar-refractivity contribution >= 4 is 0 Å². The molecule has 88 valence electrons. The highest BCUT2D eigenvalue weighted by atomic mass is 16.3. The predicted octanol–water partition coefficient (Wildman–Crippen LogP) is 1.76. The van der Waals surface area contributed by atoms with Gasteiger partial charge in [-0.05, 0) is 55.8 Å². The second-order valence-electron chi connectivity index (χ2n) is 4.66. The summed E-state index contributed by atoms with van der Waals surface area (Å²) in [6, 6.07) is 8.79. The monoisotopic (exact) mass is 219 g/mol. The van der Waals surface area contributed by atoms with E-state index in [0.717, 1.165) is 25.4 Å². The van der Waals surface area contributed by atoms with Gasteiger partial charge in [-0.1, -0.05) is 24.3 Å². The van der Waals surface area contributed by atoms with Crippen LogP contribution < -0.4 is 5.32 Å². The fourth-order valence-corrected chi connectivity index (χ4v) is 2.46. The molecule has 16 heavy (non-hydrogen) atoms. The highest BCUT2D eigenvalue weighted by molar-refractivity contribution is 5.29. The van der Waals surface area contributed by atoms with Crippen LogP contribution in [-0.2, 0) is 12.8 Å². The van der Waals surface area contributed by atoms with Gasteiger partial charge in [0.1, 0.15) is 0 Å². The molecular formula is C14H21NO. The molecule has 0 aromatic heterocycles. The van der Waals surface area contributed by atoms with Crippen molar-refractivity contribution in [3.05, 3.63) is 35.4 Å². The predicted molar refractivity (Wildman–Crippen MR) is 66.5 cm³/mol. The highest BCUT2D eigenvalue weighted by Crippen LogP contribution is 2.24. The van der Waals surface area contributed by atoms with Crippen LogP contribution in [0.1, 0.15) is 24.0 Å². The van der Waals surface area contributed by atoms with Crippen LogP contribution in [-0.4, -0.2) is 24.8 Å². The van der Waals surface area contributed by atoms with Gasteiger partial charge in [0, 0.05) is 6.61 Å². The Kier molecular flexibility index (Phi) is 4.37. The average Bonchev–Trinajstić information content (AvgIpc) is 2.34. The number of rotatable bonds is 5. The third-order valence-corrected chi connectivity index (χ3v) is 3.39. The molecule has 1 unspecified atom stereocenters. The molecule has 1 aliphatic rings. The number of fused-ring (bicyclic) bond motifs is 1. The standard InChI is InChI=1S/C14H21NO/c16-9-3-8-15-11-12-6-7-13-4-1-2-5-14(13)10-12/h1-2,4-5,12,15-16H,3,6-11H2. The van der Waals surface area contributed by atoms with Crippen molar-refractivity contribution in [3.63, 3.8) is 0 Å². The minimum atomic E-state index is 0.292. The molecule has 2 heteroatoms. The largest absolute Gasteiger partial charge is 0.396 e. The molecule has 0 aliphatic heterocycles. The van der Waals surface area contributed by atoms with Crippen molar-refractivity contribution in [2.45, 2.75) is 25.7 Å². The second kappa shape index (κ2) is 6.02. The van der Waals surface area contributed by atoms with Gasteiger partial charge in [0.2, 0.25) is 0 Å². The average molecular weight is 219 g/mol. The molecule has 1 aliphatic carbocycles. The van der Waals surface area contributed by atoms with Crippen LogP contribution in [0.5, 0.6) is 0 Å². The van der Waals surface area contributed by atoms with Gasteiger partial charge in [0.25, 0.3) is 0 Å². The van der Waals surface area contributed by atoms with Crippen LogP contribution >= 0.6 is 0 Å². The minimum absolute atomic E-state index is 0.292. The van der Waals surface area contributed by atoms with E-state index in [9.17, 15) is 0 Å². The molecular weight excluding hydrogens is 198 g/mol. The molecule has 0 spiro atoms. The van der Waals surface area contributed by atoms with E-state index >= 15 is 0 Å². The molecule has 0 fully saturated rings. The SMILES string of the molecule is OCCCNCC1CCc2ccccc2C1. The lowest BCUT2D eigenvalue weighted by molar-refractivity contribution is 0.283. The summed E-state index contributed by atoms with van der Waals surface area (Å²) in [5.74, 6) is 0.772. The van der Waals surface area contributed by atoms with Gasteiger partial charge in [0.05, 0.1) is 0 Å². The van der Waals surface area contributed by atoms with E-state index < -0.39 is 0 Å². The number of hydrogen-bond donors (Lipinski definition) is 2. The van der Waals surface area contributed by atoms with Gasteiger partial charge in [-0.3, -0.25) is 0 Å². The molecule has 0 saturated heterocycles. The summed E-state index contributed by atoms with van der Waals surface area (Å²) in [7, 11) is 0. The summed E-state index contributed by atoms with van der Waals surface area (Å²) in [6.45, 7) is 2.32. The lowest BCUT2D eigenvalue weighted by Crippen LogP contribution is -2.28. The zero-order valence-electron chi connectivity index (χ0n) is 9.78. The fourth-order valence-electron chi connectivity index (χ4n) is 2.46. The number of aliphatic hydroxyl groups excluding tert-OH is 1. The van der Waals surface area contributed by atoms with E-state index in [1.807, 2.05) is 0 Å². The molecule has 0 bridgehead atoms. The highest BCUT2D eigenvalue weighted by Gasteiger charge is 2.17. The normalized spacial score (nSPS) is 19.4. The van der Waals surface area contributed by atoms with Gasteiger partial charge in [-0.25, -0.2) is 0 Å². The molecule has 0 radical (unpaired) electrons. The number of aryl methyl sites for hydroxylation is 1. The molecule has 0 saturated carbocycles. The maximum absolute atomic E-state index is 8.69. The number of nitrogens with one attached hydrogen (secondary N) is 1. The summed E-state index contributed by atoms with van der Waals surface area (Å²) < 4.78 is 0. The molecule has 1 atom stereocenters. The number of aliphatic hydroxyl groups is 1. The smallest absolute Gasteiger partial charge is 0.0443 e. The van der Waals surface area contributed by atoms with E-state index in [0.29, 0.717) is 6.61 Å². The topological polar surface area (TPSA) is 32.3 Å². The first-order valence-corrected chi connectivity index (χ1v) is 6.28. The lowest BCUT2D eigenvalue weighted by Gasteiger charge is -2.24. The minimum Gasteiger partial charge on any atom is -0.396 e. The fraction of sp³-hybridized carbons (Fsp3) is 0.571. The third kappa shape index (κ3) is 3.06. The van der Waals surface area contributed by atoms with Crippen molar-refractivity contribution in [1.82, 2.24) is 5.32 Å². The quantitative estimate of drug-likeness (QED) is 0.740. The Morgan fingerprint density at radius 3 is 2.88 bits per heavy atom.